The molecule has 0 aliphatic heterocycles. The average Bonchev–Trinajstić information content (AvgIpc) is 3.80. The van der Waals surface area contributed by atoms with E-state index in [-0.39, 0.29) is 0 Å². The average molecular weight is 647 g/mol. The van der Waals surface area contributed by atoms with Gasteiger partial charge in [-0.15, -0.1) is 68.0 Å². The van der Waals surface area contributed by atoms with Gasteiger partial charge in [-0.3, -0.25) is 0 Å². The molecule has 6 heteroatoms. The highest BCUT2D eigenvalue weighted by Crippen LogP contribution is 2.45. The van der Waals surface area contributed by atoms with Crippen molar-refractivity contribution in [1.82, 2.24) is 0 Å². The molecule has 2 aromatic carbocycles. The molecule has 8 aromatic rings. The molecule has 0 bridgehead atoms. The van der Waals surface area contributed by atoms with E-state index in [0.717, 1.165) is 9.75 Å². The molecular formula is C36H22S6. The van der Waals surface area contributed by atoms with Crippen LogP contribution in [0.2, 0.25) is 0 Å². The van der Waals surface area contributed by atoms with Gasteiger partial charge in [-0.2, -0.15) is 0 Å². The van der Waals surface area contributed by atoms with Gasteiger partial charge in [0.05, 0.1) is 28.6 Å². The number of benzene rings is 2. The molecule has 42 heavy (non-hydrogen) atoms. The SMILES string of the molecule is Cc1ccc(/C=C/c2cc3sc4cc(C#Cc5cc6sc7cc(/C=C/c8ccc(C)cc8)sc7c6s5)sc4c3s2)cc1. The molecule has 0 aliphatic rings. The van der Waals surface area contributed by atoms with Crippen LogP contribution >= 0.6 is 68.0 Å². The molecule has 202 valence electrons. The molecule has 0 saturated carbocycles. The minimum Gasteiger partial charge on any atom is -0.133 e. The van der Waals surface area contributed by atoms with Crippen LogP contribution in [0.5, 0.6) is 0 Å². The van der Waals surface area contributed by atoms with Crippen molar-refractivity contribution in [1.29, 1.82) is 0 Å². The molecule has 0 spiro atoms. The Kier molecular flexibility index (Phi) is 6.76. The maximum Gasteiger partial charge on any atom is 0.0794 e. The fraction of sp³-hybridized carbons (Fsp3) is 0.0556. The van der Waals surface area contributed by atoms with Gasteiger partial charge in [0.1, 0.15) is 0 Å². The summed E-state index contributed by atoms with van der Waals surface area (Å²) in [6, 6.07) is 26.5. The molecule has 6 heterocycles. The summed E-state index contributed by atoms with van der Waals surface area (Å²) < 4.78 is 11.0. The van der Waals surface area contributed by atoms with Crippen molar-refractivity contribution < 1.29 is 0 Å². The van der Waals surface area contributed by atoms with Crippen molar-refractivity contribution in [2.75, 3.05) is 0 Å². The van der Waals surface area contributed by atoms with E-state index in [1.807, 2.05) is 68.0 Å². The van der Waals surface area contributed by atoms with Crippen LogP contribution in [0, 0.1) is 25.7 Å². The molecule has 0 fully saturated rings. The van der Waals surface area contributed by atoms with Crippen molar-refractivity contribution in [2.45, 2.75) is 13.8 Å². The lowest BCUT2D eigenvalue weighted by Crippen LogP contribution is -1.72. The van der Waals surface area contributed by atoms with E-state index in [1.54, 1.807) is 0 Å². The lowest BCUT2D eigenvalue weighted by Gasteiger charge is -1.93. The molecule has 6 aromatic heterocycles. The molecular weight excluding hydrogens is 625 g/mol. The summed E-state index contributed by atoms with van der Waals surface area (Å²) in [4.78, 5) is 4.88. The number of hydrogen-bond acceptors (Lipinski definition) is 6. The van der Waals surface area contributed by atoms with Gasteiger partial charge >= 0.3 is 0 Å². The number of fused-ring (bicyclic) bond motifs is 6. The molecule has 0 amide bonds. The Bertz CT molecular complexity index is 2190. The summed E-state index contributed by atoms with van der Waals surface area (Å²) >= 11 is 11.2. The highest BCUT2D eigenvalue weighted by Gasteiger charge is 2.13. The zero-order valence-electron chi connectivity index (χ0n) is 22.7. The topological polar surface area (TPSA) is 0 Å². The third-order valence-corrected chi connectivity index (χ3v) is 14.3. The summed E-state index contributed by atoms with van der Waals surface area (Å²) in [7, 11) is 0. The smallest absolute Gasteiger partial charge is 0.0794 e. The summed E-state index contributed by atoms with van der Waals surface area (Å²) in [6.45, 7) is 4.25. The van der Waals surface area contributed by atoms with Crippen LogP contribution in [-0.4, -0.2) is 0 Å². The first-order valence-corrected chi connectivity index (χ1v) is 18.4. The standard InChI is InChI=1S/C36H22S6/c1-21-3-7-23(8-4-21)11-13-25-17-29-33(37-25)35-31(41-29)19-27(39-35)15-16-28-20-32-36(40-28)34-30(42-32)18-26(38-34)14-12-24-9-5-22(2)6-10-24/h3-14,17-20H,1-2H3/b13-11+,14-12+. The molecule has 0 radical (unpaired) electrons. The van der Waals surface area contributed by atoms with E-state index in [1.165, 1.54) is 69.6 Å². The predicted molar refractivity (Wildman–Crippen MR) is 196 cm³/mol. The van der Waals surface area contributed by atoms with Crippen LogP contribution in [-0.2, 0) is 0 Å². The van der Waals surface area contributed by atoms with Crippen molar-refractivity contribution >= 4 is 130 Å². The zero-order chi connectivity index (χ0) is 28.2. The minimum atomic E-state index is 1.14. The summed E-state index contributed by atoms with van der Waals surface area (Å²) in [5, 5.41) is 0. The normalized spacial score (nSPS) is 12.1. The summed E-state index contributed by atoms with van der Waals surface area (Å²) in [5.41, 5.74) is 5.05. The van der Waals surface area contributed by atoms with Gasteiger partial charge in [0, 0.05) is 28.6 Å². The van der Waals surface area contributed by atoms with Gasteiger partial charge in [-0.1, -0.05) is 71.8 Å². The van der Waals surface area contributed by atoms with Gasteiger partial charge in [0.15, 0.2) is 0 Å². The Morgan fingerprint density at radius 1 is 0.429 bits per heavy atom. The Hall–Kier alpha value is -3.28. The van der Waals surface area contributed by atoms with Gasteiger partial charge in [0.25, 0.3) is 0 Å². The fourth-order valence-electron chi connectivity index (χ4n) is 4.83. The number of hydrogen-bond donors (Lipinski definition) is 0. The largest absolute Gasteiger partial charge is 0.133 e. The molecule has 8 rings (SSSR count). The molecule has 0 saturated heterocycles. The monoisotopic (exact) mass is 646 g/mol. The van der Waals surface area contributed by atoms with Gasteiger partial charge in [-0.25, -0.2) is 0 Å². The van der Waals surface area contributed by atoms with Crippen LogP contribution in [0.1, 0.15) is 41.8 Å². The van der Waals surface area contributed by atoms with Crippen LogP contribution in [0.15, 0.2) is 72.8 Å². The zero-order valence-corrected chi connectivity index (χ0v) is 27.6. The summed E-state index contributed by atoms with van der Waals surface area (Å²) in [5.74, 6) is 6.96. The first-order chi connectivity index (χ1) is 20.5. The first kappa shape index (κ1) is 26.4. The van der Waals surface area contributed by atoms with Gasteiger partial charge < -0.3 is 0 Å². The van der Waals surface area contributed by atoms with Crippen LogP contribution in [0.25, 0.3) is 61.9 Å². The molecule has 0 N–H and O–H groups in total. The van der Waals surface area contributed by atoms with E-state index < -0.39 is 0 Å². The molecule has 0 atom stereocenters. The maximum atomic E-state index is 3.48. The molecule has 0 aliphatic carbocycles. The van der Waals surface area contributed by atoms with Crippen LogP contribution in [0.4, 0.5) is 0 Å². The third kappa shape index (κ3) is 5.11. The second-order valence-corrected chi connectivity index (χ2v) is 16.7. The fourth-order valence-corrected chi connectivity index (χ4v) is 12.4. The van der Waals surface area contributed by atoms with E-state index in [2.05, 4.69) is 123 Å². The second kappa shape index (κ2) is 10.8. The van der Waals surface area contributed by atoms with E-state index >= 15 is 0 Å². The van der Waals surface area contributed by atoms with Crippen LogP contribution < -0.4 is 0 Å². The second-order valence-electron chi connectivity index (χ2n) is 10.2. The Morgan fingerprint density at radius 2 is 0.810 bits per heavy atom. The number of thiophene rings is 6. The number of rotatable bonds is 4. The maximum absolute atomic E-state index is 3.48. The minimum absolute atomic E-state index is 1.14. The van der Waals surface area contributed by atoms with E-state index in [9.17, 15) is 0 Å². The Labute approximate surface area is 268 Å². The van der Waals surface area contributed by atoms with Gasteiger partial charge in [-0.05, 0) is 73.2 Å². The quantitative estimate of drug-likeness (QED) is 0.167. The first-order valence-electron chi connectivity index (χ1n) is 13.5. The predicted octanol–water partition coefficient (Wildman–Crippen LogP) is 13.0. The lowest BCUT2D eigenvalue weighted by atomic mass is 10.1. The van der Waals surface area contributed by atoms with E-state index in [4.69, 9.17) is 0 Å². The Morgan fingerprint density at radius 3 is 1.24 bits per heavy atom. The highest BCUT2D eigenvalue weighted by atomic mass is 32.1. The lowest BCUT2D eigenvalue weighted by molar-refractivity contribution is 1.46. The van der Waals surface area contributed by atoms with Crippen molar-refractivity contribution in [2.24, 2.45) is 0 Å². The number of aryl methyl sites for hydroxylation is 2. The van der Waals surface area contributed by atoms with Crippen molar-refractivity contribution in [3.63, 3.8) is 0 Å². The van der Waals surface area contributed by atoms with Gasteiger partial charge in [0.2, 0.25) is 0 Å². The third-order valence-electron chi connectivity index (χ3n) is 7.03. The highest BCUT2D eigenvalue weighted by molar-refractivity contribution is 7.39. The van der Waals surface area contributed by atoms with E-state index in [0.29, 0.717) is 0 Å². The van der Waals surface area contributed by atoms with Crippen molar-refractivity contribution in [3.8, 4) is 11.8 Å². The molecule has 0 nitrogen and oxygen atoms in total. The van der Waals surface area contributed by atoms with Crippen LogP contribution in [0.3, 0.4) is 0 Å². The summed E-state index contributed by atoms with van der Waals surface area (Å²) in [6.07, 6.45) is 8.88. The molecule has 0 unspecified atom stereocenters. The van der Waals surface area contributed by atoms with Crippen molar-refractivity contribution in [3.05, 3.63) is 115 Å². The Balaban J connectivity index is 1.03.